The molecule has 0 saturated heterocycles. The fourth-order valence-electron chi connectivity index (χ4n) is 3.73. The Morgan fingerprint density at radius 1 is 0.929 bits per heavy atom. The maximum Gasteiger partial charge on any atom is 0.201 e. The average molecular weight is 382 g/mol. The van der Waals surface area contributed by atoms with Gasteiger partial charge in [0.05, 0.1) is 12.2 Å². The van der Waals surface area contributed by atoms with E-state index in [0.717, 1.165) is 38.5 Å². The summed E-state index contributed by atoms with van der Waals surface area (Å²) in [5.74, 6) is 4.94. The van der Waals surface area contributed by atoms with Crippen LogP contribution in [0.2, 0.25) is 0 Å². The van der Waals surface area contributed by atoms with Gasteiger partial charge in [0.15, 0.2) is 11.6 Å². The lowest BCUT2D eigenvalue weighted by Crippen LogP contribution is -2.12. The molecule has 0 bridgehead atoms. The number of ether oxygens (including phenoxy) is 1. The summed E-state index contributed by atoms with van der Waals surface area (Å²) in [7, 11) is 0. The molecule has 0 N–H and O–H groups in total. The van der Waals surface area contributed by atoms with Crippen molar-refractivity contribution in [2.45, 2.75) is 58.3 Å². The summed E-state index contributed by atoms with van der Waals surface area (Å²) in [6.07, 6.45) is 5.97. The molecule has 28 heavy (non-hydrogen) atoms. The molecule has 0 atom stereocenters. The van der Waals surface area contributed by atoms with Gasteiger partial charge < -0.3 is 4.74 Å². The molecular weight excluding hydrogens is 354 g/mol. The number of hydrogen-bond donors (Lipinski definition) is 0. The van der Waals surface area contributed by atoms with Gasteiger partial charge in [-0.2, -0.15) is 4.39 Å². The predicted molar refractivity (Wildman–Crippen MR) is 110 cm³/mol. The maximum absolute atomic E-state index is 14.2. The molecule has 3 heteroatoms. The van der Waals surface area contributed by atoms with Crippen molar-refractivity contribution < 1.29 is 13.5 Å². The zero-order chi connectivity index (χ0) is 19.9. The predicted octanol–water partition coefficient (Wildman–Crippen LogP) is 6.64. The molecular formula is C25H28F2O. The zero-order valence-electron chi connectivity index (χ0n) is 16.7. The lowest BCUT2D eigenvalue weighted by Gasteiger charge is -2.26. The highest BCUT2D eigenvalue weighted by atomic mass is 19.2. The van der Waals surface area contributed by atoms with E-state index in [-0.39, 0.29) is 17.2 Å². The lowest BCUT2D eigenvalue weighted by atomic mass is 9.79. The van der Waals surface area contributed by atoms with Crippen LogP contribution in [-0.2, 0) is 6.42 Å². The summed E-state index contributed by atoms with van der Waals surface area (Å²) in [6.45, 7) is 4.45. The van der Waals surface area contributed by atoms with Crippen LogP contribution in [0, 0.1) is 29.4 Å². The van der Waals surface area contributed by atoms with Gasteiger partial charge in [0, 0.05) is 5.92 Å². The van der Waals surface area contributed by atoms with Gasteiger partial charge in [0.25, 0.3) is 0 Å². The first-order chi connectivity index (χ1) is 13.6. The average Bonchev–Trinajstić information content (AvgIpc) is 2.74. The first-order valence-electron chi connectivity index (χ1n) is 10.3. The second kappa shape index (κ2) is 9.73. The molecule has 0 radical (unpaired) electrons. The van der Waals surface area contributed by atoms with Crippen molar-refractivity contribution in [1.82, 2.24) is 0 Å². The quantitative estimate of drug-likeness (QED) is 0.527. The number of benzene rings is 2. The largest absolute Gasteiger partial charge is 0.490 e. The third kappa shape index (κ3) is 4.93. The lowest BCUT2D eigenvalue weighted by molar-refractivity contribution is 0.295. The molecule has 1 saturated carbocycles. The summed E-state index contributed by atoms with van der Waals surface area (Å²) in [6, 6.07) is 11.9. The van der Waals surface area contributed by atoms with Crippen molar-refractivity contribution in [1.29, 1.82) is 0 Å². The third-order valence-electron chi connectivity index (χ3n) is 5.51. The Balaban J connectivity index is 1.60. The molecule has 1 fully saturated rings. The van der Waals surface area contributed by atoms with Crippen LogP contribution in [0.3, 0.4) is 0 Å². The van der Waals surface area contributed by atoms with E-state index in [1.807, 2.05) is 6.92 Å². The van der Waals surface area contributed by atoms with Crippen molar-refractivity contribution >= 4 is 0 Å². The topological polar surface area (TPSA) is 9.23 Å². The SMILES string of the molecule is CCCOc1ccc(C#CC2CCC(c3ccc(CC)cc3)CC2)c(F)c1F. The normalized spacial score (nSPS) is 19.0. The van der Waals surface area contributed by atoms with Gasteiger partial charge in [-0.25, -0.2) is 4.39 Å². The minimum absolute atomic E-state index is 0.0421. The Morgan fingerprint density at radius 2 is 1.64 bits per heavy atom. The molecule has 1 aliphatic rings. The highest BCUT2D eigenvalue weighted by Gasteiger charge is 2.21. The minimum atomic E-state index is -0.945. The molecule has 3 rings (SSSR count). The monoisotopic (exact) mass is 382 g/mol. The van der Waals surface area contributed by atoms with E-state index in [9.17, 15) is 8.78 Å². The van der Waals surface area contributed by atoms with Crippen LogP contribution in [0.25, 0.3) is 0 Å². The van der Waals surface area contributed by atoms with Crippen LogP contribution in [-0.4, -0.2) is 6.61 Å². The fourth-order valence-corrected chi connectivity index (χ4v) is 3.73. The van der Waals surface area contributed by atoms with Gasteiger partial charge in [-0.15, -0.1) is 0 Å². The number of hydrogen-bond acceptors (Lipinski definition) is 1. The van der Waals surface area contributed by atoms with E-state index in [1.54, 1.807) is 0 Å². The van der Waals surface area contributed by atoms with Crippen molar-refractivity contribution in [2.24, 2.45) is 5.92 Å². The maximum atomic E-state index is 14.2. The highest BCUT2D eigenvalue weighted by molar-refractivity contribution is 5.41. The first-order valence-corrected chi connectivity index (χ1v) is 10.3. The smallest absolute Gasteiger partial charge is 0.201 e. The van der Waals surface area contributed by atoms with Gasteiger partial charge in [-0.05, 0) is 67.7 Å². The third-order valence-corrected chi connectivity index (χ3v) is 5.51. The fraction of sp³-hybridized carbons (Fsp3) is 0.440. The van der Waals surface area contributed by atoms with E-state index in [2.05, 4.69) is 43.0 Å². The standard InChI is InChI=1S/C25H28F2O/c1-3-17-28-23-16-15-22(24(26)25(23)27)14-9-19-7-12-21(13-8-19)20-10-5-18(4-2)6-11-20/h5-6,10-11,15-16,19,21H,3-4,7-8,12-13,17H2,1-2H3. The Kier molecular flexibility index (Phi) is 7.09. The van der Waals surface area contributed by atoms with Crippen LogP contribution < -0.4 is 4.74 Å². The van der Waals surface area contributed by atoms with Crippen molar-refractivity contribution in [3.05, 3.63) is 64.7 Å². The molecule has 0 aromatic heterocycles. The highest BCUT2D eigenvalue weighted by Crippen LogP contribution is 2.35. The van der Waals surface area contributed by atoms with Gasteiger partial charge in [0.2, 0.25) is 5.82 Å². The Morgan fingerprint density at radius 3 is 2.29 bits per heavy atom. The molecule has 1 aliphatic carbocycles. The molecule has 0 unspecified atom stereocenters. The molecule has 2 aromatic rings. The van der Waals surface area contributed by atoms with Gasteiger partial charge in [-0.1, -0.05) is 50.0 Å². The molecule has 1 nitrogen and oxygen atoms in total. The van der Waals surface area contributed by atoms with E-state index < -0.39 is 11.6 Å². The zero-order valence-corrected chi connectivity index (χ0v) is 16.7. The van der Waals surface area contributed by atoms with Crippen LogP contribution in [0.1, 0.15) is 68.6 Å². The van der Waals surface area contributed by atoms with E-state index in [0.29, 0.717) is 12.5 Å². The van der Waals surface area contributed by atoms with Crippen molar-refractivity contribution in [3.63, 3.8) is 0 Å². The van der Waals surface area contributed by atoms with Crippen molar-refractivity contribution in [3.8, 4) is 17.6 Å². The summed E-state index contributed by atoms with van der Waals surface area (Å²) < 4.78 is 33.5. The van der Waals surface area contributed by atoms with Crippen LogP contribution in [0.15, 0.2) is 36.4 Å². The van der Waals surface area contributed by atoms with Gasteiger partial charge in [-0.3, -0.25) is 0 Å². The summed E-state index contributed by atoms with van der Waals surface area (Å²) >= 11 is 0. The van der Waals surface area contributed by atoms with Gasteiger partial charge in [0.1, 0.15) is 0 Å². The number of halogens is 2. The minimum Gasteiger partial charge on any atom is -0.490 e. The Bertz CT molecular complexity index is 837. The second-order valence-electron chi connectivity index (χ2n) is 7.50. The first kappa shape index (κ1) is 20.4. The summed E-state index contributed by atoms with van der Waals surface area (Å²) in [5, 5.41) is 0. The van der Waals surface area contributed by atoms with E-state index >= 15 is 0 Å². The van der Waals surface area contributed by atoms with Crippen LogP contribution in [0.5, 0.6) is 5.75 Å². The number of rotatable bonds is 5. The molecule has 0 spiro atoms. The van der Waals surface area contributed by atoms with E-state index in [4.69, 9.17) is 4.74 Å². The number of aryl methyl sites for hydroxylation is 1. The van der Waals surface area contributed by atoms with Crippen molar-refractivity contribution in [2.75, 3.05) is 6.61 Å². The summed E-state index contributed by atoms with van der Waals surface area (Å²) in [5.41, 5.74) is 2.88. The summed E-state index contributed by atoms with van der Waals surface area (Å²) in [4.78, 5) is 0. The van der Waals surface area contributed by atoms with Crippen LogP contribution in [0.4, 0.5) is 8.78 Å². The Labute approximate surface area is 167 Å². The Hall–Kier alpha value is -2.34. The molecule has 0 aliphatic heterocycles. The molecule has 2 aromatic carbocycles. The molecule has 0 heterocycles. The van der Waals surface area contributed by atoms with Crippen LogP contribution >= 0.6 is 0 Å². The van der Waals surface area contributed by atoms with E-state index in [1.165, 1.54) is 23.3 Å². The van der Waals surface area contributed by atoms with Gasteiger partial charge >= 0.3 is 0 Å². The molecule has 0 amide bonds. The second-order valence-corrected chi connectivity index (χ2v) is 7.50. The molecule has 148 valence electrons.